The van der Waals surface area contributed by atoms with Crippen LogP contribution < -0.4 is 0 Å². The number of aryl methyl sites for hydroxylation is 3. The normalized spacial score (nSPS) is 18.2. The number of carbonyl (C=O) groups is 1. The molecule has 1 aliphatic rings. The number of likely N-dealkylation sites (tertiary alicyclic amines) is 1. The molecule has 1 fully saturated rings. The lowest BCUT2D eigenvalue weighted by molar-refractivity contribution is -0.130. The number of rotatable bonds is 4. The first kappa shape index (κ1) is 18.0. The fraction of sp³-hybridized carbons (Fsp3) is 0.526. The molecule has 0 N–H and O–H groups in total. The standard InChI is InChI=1S/C19H26N4OS/c1-14-12-15(2)21-19(20-14)25-13-18(24)23-11-6-4-5-8-17(23)16-9-7-10-22(16)3/h7,9-10,12,17H,4-6,8,11,13H2,1-3H3/t17-/m0/s1. The monoisotopic (exact) mass is 358 g/mol. The number of hydrogen-bond acceptors (Lipinski definition) is 4. The molecule has 0 aliphatic carbocycles. The zero-order valence-electron chi connectivity index (χ0n) is 15.2. The third-order valence-electron chi connectivity index (χ3n) is 4.68. The van der Waals surface area contributed by atoms with Crippen LogP contribution in [-0.2, 0) is 11.8 Å². The molecule has 0 radical (unpaired) electrons. The molecule has 2 aromatic rings. The summed E-state index contributed by atoms with van der Waals surface area (Å²) in [7, 11) is 2.06. The predicted molar refractivity (Wildman–Crippen MR) is 101 cm³/mol. The van der Waals surface area contributed by atoms with Crippen LogP contribution in [0.3, 0.4) is 0 Å². The van der Waals surface area contributed by atoms with Crippen molar-refractivity contribution >= 4 is 17.7 Å². The van der Waals surface area contributed by atoms with Gasteiger partial charge in [-0.3, -0.25) is 4.79 Å². The molecule has 5 nitrogen and oxygen atoms in total. The lowest BCUT2D eigenvalue weighted by atomic mass is 10.1. The lowest BCUT2D eigenvalue weighted by Gasteiger charge is -2.30. The van der Waals surface area contributed by atoms with E-state index in [2.05, 4.69) is 44.8 Å². The highest BCUT2D eigenvalue weighted by molar-refractivity contribution is 7.99. The average Bonchev–Trinajstić information content (AvgIpc) is 2.84. The van der Waals surface area contributed by atoms with Crippen molar-refractivity contribution in [2.24, 2.45) is 7.05 Å². The van der Waals surface area contributed by atoms with Crippen LogP contribution in [0.25, 0.3) is 0 Å². The summed E-state index contributed by atoms with van der Waals surface area (Å²) in [5.74, 6) is 0.574. The highest BCUT2D eigenvalue weighted by Gasteiger charge is 2.28. The van der Waals surface area contributed by atoms with Crippen LogP contribution in [0.15, 0.2) is 29.6 Å². The van der Waals surface area contributed by atoms with Crippen molar-refractivity contribution in [2.45, 2.75) is 50.7 Å². The van der Waals surface area contributed by atoms with Crippen LogP contribution >= 0.6 is 11.8 Å². The molecule has 1 aliphatic heterocycles. The Kier molecular flexibility index (Phi) is 5.78. The summed E-state index contributed by atoms with van der Waals surface area (Å²) >= 11 is 1.44. The van der Waals surface area contributed by atoms with Crippen LogP contribution in [0.4, 0.5) is 0 Å². The van der Waals surface area contributed by atoms with Crippen LogP contribution in [0.5, 0.6) is 0 Å². The van der Waals surface area contributed by atoms with Gasteiger partial charge in [0.25, 0.3) is 0 Å². The maximum atomic E-state index is 13.0. The van der Waals surface area contributed by atoms with Gasteiger partial charge in [0.2, 0.25) is 5.91 Å². The van der Waals surface area contributed by atoms with Crippen LogP contribution in [-0.4, -0.2) is 37.6 Å². The molecule has 2 aromatic heterocycles. The predicted octanol–water partition coefficient (Wildman–Crippen LogP) is 3.67. The zero-order chi connectivity index (χ0) is 17.8. The van der Waals surface area contributed by atoms with Crippen LogP contribution in [0, 0.1) is 13.8 Å². The number of nitrogens with zero attached hydrogens (tertiary/aromatic N) is 4. The number of carbonyl (C=O) groups excluding carboxylic acids is 1. The molecular formula is C19H26N4OS. The molecule has 1 saturated heterocycles. The van der Waals surface area contributed by atoms with E-state index >= 15 is 0 Å². The third kappa shape index (κ3) is 4.42. The van der Waals surface area contributed by atoms with Crippen molar-refractivity contribution < 1.29 is 4.79 Å². The molecule has 1 amide bonds. The van der Waals surface area contributed by atoms with Gasteiger partial charge < -0.3 is 9.47 Å². The van der Waals surface area contributed by atoms with Crippen molar-refractivity contribution in [3.63, 3.8) is 0 Å². The largest absolute Gasteiger partial charge is 0.353 e. The molecule has 0 spiro atoms. The summed E-state index contributed by atoms with van der Waals surface area (Å²) < 4.78 is 2.14. The molecule has 6 heteroatoms. The molecule has 0 aromatic carbocycles. The minimum atomic E-state index is 0.177. The molecule has 0 unspecified atom stereocenters. The second-order valence-corrected chi connectivity index (χ2v) is 7.66. The Bertz CT molecular complexity index is 723. The van der Waals surface area contributed by atoms with Gasteiger partial charge in [-0.1, -0.05) is 24.6 Å². The summed E-state index contributed by atoms with van der Waals surface area (Å²) in [6.45, 7) is 4.75. The number of amides is 1. The fourth-order valence-corrected chi connectivity index (χ4v) is 4.34. The van der Waals surface area contributed by atoms with E-state index in [9.17, 15) is 4.79 Å². The van der Waals surface area contributed by atoms with Crippen molar-refractivity contribution in [3.05, 3.63) is 41.5 Å². The summed E-state index contributed by atoms with van der Waals surface area (Å²) in [6.07, 6.45) is 6.54. The molecule has 0 saturated carbocycles. The molecule has 25 heavy (non-hydrogen) atoms. The first-order chi connectivity index (χ1) is 12.0. The summed E-state index contributed by atoms with van der Waals surface area (Å²) in [5.41, 5.74) is 3.11. The Morgan fingerprint density at radius 1 is 1.24 bits per heavy atom. The van der Waals surface area contributed by atoms with Gasteiger partial charge in [0.1, 0.15) is 0 Å². The molecule has 3 rings (SSSR count). The smallest absolute Gasteiger partial charge is 0.233 e. The Labute approximate surface area is 153 Å². The van der Waals surface area contributed by atoms with E-state index in [1.54, 1.807) is 0 Å². The molecule has 0 bridgehead atoms. The van der Waals surface area contributed by atoms with E-state index in [1.165, 1.54) is 30.3 Å². The van der Waals surface area contributed by atoms with Gasteiger partial charge in [-0.15, -0.1) is 0 Å². The van der Waals surface area contributed by atoms with E-state index in [4.69, 9.17) is 0 Å². The highest BCUT2D eigenvalue weighted by atomic mass is 32.2. The minimum Gasteiger partial charge on any atom is -0.353 e. The number of thioether (sulfide) groups is 1. The second kappa shape index (κ2) is 8.04. The molecular weight excluding hydrogens is 332 g/mol. The summed E-state index contributed by atoms with van der Waals surface area (Å²) in [5, 5.41) is 0.691. The Morgan fingerprint density at radius 3 is 2.68 bits per heavy atom. The first-order valence-corrected chi connectivity index (χ1v) is 9.89. The van der Waals surface area contributed by atoms with Gasteiger partial charge in [-0.25, -0.2) is 9.97 Å². The Balaban J connectivity index is 1.72. The quantitative estimate of drug-likeness (QED) is 0.618. The Morgan fingerprint density at radius 2 is 2.00 bits per heavy atom. The maximum Gasteiger partial charge on any atom is 0.233 e. The van der Waals surface area contributed by atoms with E-state index in [1.807, 2.05) is 19.9 Å². The third-order valence-corrected chi connectivity index (χ3v) is 5.52. The minimum absolute atomic E-state index is 0.177. The van der Waals surface area contributed by atoms with Crippen molar-refractivity contribution in [1.82, 2.24) is 19.4 Å². The lowest BCUT2D eigenvalue weighted by Crippen LogP contribution is -2.36. The second-order valence-electron chi connectivity index (χ2n) is 6.72. The van der Waals surface area contributed by atoms with Gasteiger partial charge in [-0.2, -0.15) is 0 Å². The zero-order valence-corrected chi connectivity index (χ0v) is 16.1. The fourth-order valence-electron chi connectivity index (χ4n) is 3.50. The Hall–Kier alpha value is -1.82. The summed E-state index contributed by atoms with van der Waals surface area (Å²) in [4.78, 5) is 23.9. The number of aromatic nitrogens is 3. The van der Waals surface area contributed by atoms with Crippen molar-refractivity contribution in [3.8, 4) is 0 Å². The van der Waals surface area contributed by atoms with Gasteiger partial charge in [0, 0.05) is 36.9 Å². The van der Waals surface area contributed by atoms with E-state index in [0.29, 0.717) is 10.9 Å². The van der Waals surface area contributed by atoms with Gasteiger partial charge in [-0.05, 0) is 44.9 Å². The van der Waals surface area contributed by atoms with Crippen molar-refractivity contribution in [2.75, 3.05) is 12.3 Å². The van der Waals surface area contributed by atoms with Crippen LogP contribution in [0.1, 0.15) is 48.8 Å². The molecule has 3 heterocycles. The molecule has 134 valence electrons. The van der Waals surface area contributed by atoms with E-state index in [0.717, 1.165) is 30.8 Å². The van der Waals surface area contributed by atoms with Gasteiger partial charge in [0.15, 0.2) is 5.16 Å². The van der Waals surface area contributed by atoms with Crippen molar-refractivity contribution in [1.29, 1.82) is 0 Å². The summed E-state index contributed by atoms with van der Waals surface area (Å²) in [6, 6.07) is 6.32. The first-order valence-electron chi connectivity index (χ1n) is 8.90. The van der Waals surface area contributed by atoms with Crippen LogP contribution in [0.2, 0.25) is 0 Å². The van der Waals surface area contributed by atoms with E-state index in [-0.39, 0.29) is 11.9 Å². The SMILES string of the molecule is Cc1cc(C)nc(SCC(=O)N2CCCCC[C@H]2c2cccn2C)n1. The highest BCUT2D eigenvalue weighted by Crippen LogP contribution is 2.31. The van der Waals surface area contributed by atoms with Gasteiger partial charge >= 0.3 is 0 Å². The van der Waals surface area contributed by atoms with E-state index < -0.39 is 0 Å². The number of hydrogen-bond donors (Lipinski definition) is 0. The average molecular weight is 359 g/mol. The molecule has 1 atom stereocenters. The van der Waals surface area contributed by atoms with Gasteiger partial charge in [0.05, 0.1) is 11.8 Å². The topological polar surface area (TPSA) is 51.0 Å². The maximum absolute atomic E-state index is 13.0.